The highest BCUT2D eigenvalue weighted by atomic mass is 16.7. The third kappa shape index (κ3) is 2.99. The van der Waals surface area contributed by atoms with Gasteiger partial charge in [-0.15, -0.1) is 9.46 Å². The predicted molar refractivity (Wildman–Crippen MR) is 64.6 cm³/mol. The predicted octanol–water partition coefficient (Wildman–Crippen LogP) is -1.38. The van der Waals surface area contributed by atoms with Crippen molar-refractivity contribution < 1.29 is 19.3 Å². The van der Waals surface area contributed by atoms with Crippen LogP contribution in [-0.4, -0.2) is 21.4 Å². The van der Waals surface area contributed by atoms with Gasteiger partial charge in [-0.3, -0.25) is 9.59 Å². The van der Waals surface area contributed by atoms with Gasteiger partial charge in [0, 0.05) is 24.5 Å². The fraction of sp³-hybridized carbons (Fsp3) is 0. The number of carbonyl (C=O) groups is 2. The third-order valence-electron chi connectivity index (χ3n) is 2.11. The molecule has 0 aliphatic carbocycles. The van der Waals surface area contributed by atoms with Gasteiger partial charge in [-0.25, -0.2) is 9.59 Å². The molecule has 0 amide bonds. The minimum absolute atomic E-state index is 0.567. The summed E-state index contributed by atoms with van der Waals surface area (Å²) in [5.74, 6) is -2.87. The molecule has 8 heteroatoms. The van der Waals surface area contributed by atoms with Crippen molar-refractivity contribution in [2.24, 2.45) is 0 Å². The lowest BCUT2D eigenvalue weighted by Gasteiger charge is -2.06. The molecular weight excluding hydrogens is 268 g/mol. The Balaban J connectivity index is 2.09. The van der Waals surface area contributed by atoms with E-state index >= 15 is 0 Å². The number of pyridine rings is 2. The summed E-state index contributed by atoms with van der Waals surface area (Å²) in [5.41, 5.74) is -1.27. The Morgan fingerprint density at radius 3 is 1.50 bits per heavy atom. The van der Waals surface area contributed by atoms with E-state index in [0.717, 1.165) is 24.5 Å². The molecule has 2 aromatic rings. The largest absolute Gasteiger partial charge is 0.444 e. The van der Waals surface area contributed by atoms with Gasteiger partial charge in [0.15, 0.2) is 0 Å². The highest BCUT2D eigenvalue weighted by Crippen LogP contribution is 1.83. The van der Waals surface area contributed by atoms with Crippen LogP contribution >= 0.6 is 0 Å². The zero-order chi connectivity index (χ0) is 14.5. The summed E-state index contributed by atoms with van der Waals surface area (Å²) in [6.45, 7) is 0. The molecule has 0 N–H and O–H groups in total. The summed E-state index contributed by atoms with van der Waals surface area (Å²) in [6, 6.07) is 8.02. The Hall–Kier alpha value is -3.16. The molecule has 0 spiro atoms. The zero-order valence-corrected chi connectivity index (χ0v) is 9.96. The first-order valence-corrected chi connectivity index (χ1v) is 5.38. The number of hydrogen-bond acceptors (Lipinski definition) is 6. The quantitative estimate of drug-likeness (QED) is 0.627. The average molecular weight is 276 g/mol. The van der Waals surface area contributed by atoms with Gasteiger partial charge in [0.1, 0.15) is 0 Å². The second kappa shape index (κ2) is 5.65. The van der Waals surface area contributed by atoms with Crippen LogP contribution < -0.4 is 20.8 Å². The molecule has 102 valence electrons. The maximum Gasteiger partial charge on any atom is 0.444 e. The Labute approximate surface area is 111 Å². The number of rotatable bonds is 2. The normalized spacial score (nSPS) is 9.80. The Kier molecular flexibility index (Phi) is 3.75. The van der Waals surface area contributed by atoms with E-state index in [1.165, 1.54) is 24.3 Å². The first-order chi connectivity index (χ1) is 9.58. The Morgan fingerprint density at radius 1 is 0.750 bits per heavy atom. The van der Waals surface area contributed by atoms with Crippen molar-refractivity contribution in [3.05, 3.63) is 69.5 Å². The first kappa shape index (κ1) is 13.3. The van der Waals surface area contributed by atoms with Gasteiger partial charge in [-0.1, -0.05) is 12.1 Å². The van der Waals surface area contributed by atoms with Gasteiger partial charge in [-0.05, 0) is 12.1 Å². The summed E-state index contributed by atoms with van der Waals surface area (Å²) in [7, 11) is 0. The monoisotopic (exact) mass is 276 g/mol. The van der Waals surface area contributed by atoms with Crippen LogP contribution in [0.3, 0.4) is 0 Å². The lowest BCUT2D eigenvalue weighted by molar-refractivity contribution is -0.168. The van der Waals surface area contributed by atoms with E-state index in [-0.39, 0.29) is 0 Å². The van der Waals surface area contributed by atoms with Gasteiger partial charge < -0.3 is 9.68 Å². The second-order valence-corrected chi connectivity index (χ2v) is 3.49. The van der Waals surface area contributed by atoms with Gasteiger partial charge in [0.25, 0.3) is 11.1 Å². The summed E-state index contributed by atoms with van der Waals surface area (Å²) in [6.07, 6.45) is 2.31. The molecular formula is C12H8N2O6. The van der Waals surface area contributed by atoms with Crippen molar-refractivity contribution in [3.63, 3.8) is 0 Å². The molecule has 8 nitrogen and oxygen atoms in total. The maximum absolute atomic E-state index is 11.4. The summed E-state index contributed by atoms with van der Waals surface area (Å²) in [4.78, 5) is 54.3. The molecule has 2 aromatic heterocycles. The number of aromatic nitrogens is 2. The van der Waals surface area contributed by atoms with Crippen LogP contribution in [0.15, 0.2) is 58.4 Å². The highest BCUT2D eigenvalue weighted by molar-refractivity contribution is 6.29. The van der Waals surface area contributed by atoms with Crippen molar-refractivity contribution in [3.8, 4) is 0 Å². The smallest absolute Gasteiger partial charge is 0.322 e. The van der Waals surface area contributed by atoms with Crippen LogP contribution in [0, 0.1) is 0 Å². The van der Waals surface area contributed by atoms with Crippen molar-refractivity contribution in [1.82, 2.24) is 9.46 Å². The van der Waals surface area contributed by atoms with Crippen molar-refractivity contribution in [1.29, 1.82) is 0 Å². The molecule has 0 radical (unpaired) electrons. The molecule has 0 bridgehead atoms. The molecule has 0 aliphatic heterocycles. The van der Waals surface area contributed by atoms with E-state index in [1.54, 1.807) is 0 Å². The first-order valence-electron chi connectivity index (χ1n) is 5.38. The van der Waals surface area contributed by atoms with E-state index in [2.05, 4.69) is 9.68 Å². The van der Waals surface area contributed by atoms with Crippen LogP contribution in [0.4, 0.5) is 0 Å². The molecule has 0 unspecified atom stereocenters. The molecule has 2 heterocycles. The Morgan fingerprint density at radius 2 is 1.15 bits per heavy atom. The fourth-order valence-corrected chi connectivity index (χ4v) is 1.23. The molecule has 0 saturated carbocycles. The van der Waals surface area contributed by atoms with Gasteiger partial charge >= 0.3 is 11.9 Å². The van der Waals surface area contributed by atoms with Crippen molar-refractivity contribution in [2.45, 2.75) is 0 Å². The van der Waals surface area contributed by atoms with Crippen LogP contribution in [0.2, 0.25) is 0 Å². The topological polar surface area (TPSA) is 96.6 Å². The molecule has 20 heavy (non-hydrogen) atoms. The minimum Gasteiger partial charge on any atom is -0.322 e. The second-order valence-electron chi connectivity index (χ2n) is 3.49. The third-order valence-corrected chi connectivity index (χ3v) is 2.11. The average Bonchev–Trinajstić information content (AvgIpc) is 2.43. The number of nitrogens with zero attached hydrogens (tertiary/aromatic N) is 2. The Bertz CT molecular complexity index is 695. The van der Waals surface area contributed by atoms with Gasteiger partial charge in [0.05, 0.1) is 0 Å². The lowest BCUT2D eigenvalue weighted by atomic mass is 10.5. The van der Waals surface area contributed by atoms with E-state index in [9.17, 15) is 19.2 Å². The summed E-state index contributed by atoms with van der Waals surface area (Å²) >= 11 is 0. The zero-order valence-electron chi connectivity index (χ0n) is 9.96. The van der Waals surface area contributed by atoms with Crippen LogP contribution in [0.25, 0.3) is 0 Å². The van der Waals surface area contributed by atoms with Crippen molar-refractivity contribution >= 4 is 11.9 Å². The number of carbonyl (C=O) groups excluding carboxylic acids is 2. The molecule has 0 fully saturated rings. The van der Waals surface area contributed by atoms with Crippen LogP contribution in [0.5, 0.6) is 0 Å². The van der Waals surface area contributed by atoms with Gasteiger partial charge in [-0.2, -0.15) is 0 Å². The van der Waals surface area contributed by atoms with E-state index in [4.69, 9.17) is 0 Å². The van der Waals surface area contributed by atoms with Crippen molar-refractivity contribution in [2.75, 3.05) is 0 Å². The van der Waals surface area contributed by atoms with Crippen LogP contribution in [-0.2, 0) is 9.59 Å². The lowest BCUT2D eigenvalue weighted by Crippen LogP contribution is -2.40. The van der Waals surface area contributed by atoms with E-state index < -0.39 is 23.1 Å². The van der Waals surface area contributed by atoms with E-state index in [0.29, 0.717) is 9.46 Å². The summed E-state index contributed by atoms with van der Waals surface area (Å²) < 4.78 is 1.13. The molecule has 2 rings (SSSR count). The maximum atomic E-state index is 11.4. The van der Waals surface area contributed by atoms with Gasteiger partial charge in [0.2, 0.25) is 0 Å². The highest BCUT2D eigenvalue weighted by Gasteiger charge is 2.20. The molecule has 0 aliphatic rings. The molecule has 0 aromatic carbocycles. The molecule has 0 atom stereocenters. The number of hydrogen-bond donors (Lipinski definition) is 0. The fourth-order valence-electron chi connectivity index (χ4n) is 1.23. The molecule has 0 saturated heterocycles. The minimum atomic E-state index is -1.44. The van der Waals surface area contributed by atoms with Crippen LogP contribution in [0.1, 0.15) is 0 Å². The van der Waals surface area contributed by atoms with E-state index in [1.807, 2.05) is 0 Å². The summed E-state index contributed by atoms with van der Waals surface area (Å²) in [5, 5.41) is 0. The standard InChI is InChI=1S/C12H8N2O6/c15-9-5-1-3-7-13(9)19-11(17)12(18)20-14-8-4-2-6-10(14)16/h1-8H. The SMILES string of the molecule is O=C(On1ccccc1=O)C(=O)On1ccccc1=O.